The molecule has 0 aliphatic heterocycles. The Labute approximate surface area is 269 Å². The fourth-order valence-electron chi connectivity index (χ4n) is 4.96. The van der Waals surface area contributed by atoms with Crippen LogP contribution < -0.4 is 9.62 Å². The summed E-state index contributed by atoms with van der Waals surface area (Å²) in [5, 5.41) is 3.29. The molecule has 7 nitrogen and oxygen atoms in total. The molecule has 0 spiro atoms. The Bertz CT molecular complexity index is 1700. The summed E-state index contributed by atoms with van der Waals surface area (Å²) >= 11 is 6.04. The van der Waals surface area contributed by atoms with Crippen LogP contribution in [0.2, 0.25) is 5.02 Å². The topological polar surface area (TPSA) is 86.8 Å². The van der Waals surface area contributed by atoms with Crippen molar-refractivity contribution < 1.29 is 22.4 Å². The molecule has 4 aromatic rings. The van der Waals surface area contributed by atoms with Crippen LogP contribution >= 0.6 is 11.6 Å². The van der Waals surface area contributed by atoms with Crippen molar-refractivity contribution in [2.24, 2.45) is 0 Å². The van der Waals surface area contributed by atoms with Gasteiger partial charge >= 0.3 is 0 Å². The van der Waals surface area contributed by atoms with E-state index < -0.39 is 40.2 Å². The number of amides is 2. The first-order valence-electron chi connectivity index (χ1n) is 14.8. The highest BCUT2D eigenvalue weighted by molar-refractivity contribution is 7.92. The van der Waals surface area contributed by atoms with E-state index in [4.69, 9.17) is 11.6 Å². The third-order valence-corrected chi connectivity index (χ3v) is 9.49. The number of hydrogen-bond acceptors (Lipinski definition) is 4. The lowest BCUT2D eigenvalue weighted by molar-refractivity contribution is -0.140. The van der Waals surface area contributed by atoms with Crippen molar-refractivity contribution in [3.05, 3.63) is 131 Å². The summed E-state index contributed by atoms with van der Waals surface area (Å²) in [5.74, 6) is -1.60. The highest BCUT2D eigenvalue weighted by atomic mass is 35.5. The van der Waals surface area contributed by atoms with Gasteiger partial charge in [-0.15, -0.1) is 0 Å². The minimum atomic E-state index is -4.27. The van der Waals surface area contributed by atoms with Gasteiger partial charge in [-0.25, -0.2) is 12.8 Å². The van der Waals surface area contributed by atoms with Crippen molar-refractivity contribution in [2.45, 2.75) is 50.6 Å². The van der Waals surface area contributed by atoms with Crippen LogP contribution in [0.5, 0.6) is 0 Å². The Kier molecular flexibility index (Phi) is 11.7. The van der Waals surface area contributed by atoms with Gasteiger partial charge < -0.3 is 10.2 Å². The van der Waals surface area contributed by atoms with E-state index in [1.165, 1.54) is 35.2 Å². The highest BCUT2D eigenvalue weighted by Gasteiger charge is 2.35. The number of benzene rings is 4. The third kappa shape index (κ3) is 8.71. The van der Waals surface area contributed by atoms with Crippen LogP contribution in [0.4, 0.5) is 10.1 Å². The highest BCUT2D eigenvalue weighted by Crippen LogP contribution is 2.28. The number of nitrogens with zero attached hydrogens (tertiary/aromatic N) is 2. The first-order valence-corrected chi connectivity index (χ1v) is 16.6. The standard InChI is InChI=1S/C35H37ClFN3O4S/c1-3-4-22-38-35(42)33(23-27-13-6-5-7-14-27)39(24-28-15-9-10-16-31(28)37)34(41)25-40(32-17-11-8-12-26(32)2)45(43,44)30-20-18-29(36)19-21-30/h5-21,33H,3-4,22-25H2,1-2H3,(H,38,42)/t33-/m1/s1. The molecule has 0 unspecified atom stereocenters. The van der Waals surface area contributed by atoms with Crippen LogP contribution in [-0.4, -0.2) is 44.3 Å². The zero-order valence-electron chi connectivity index (χ0n) is 25.3. The van der Waals surface area contributed by atoms with Gasteiger partial charge in [-0.05, 0) is 60.9 Å². The van der Waals surface area contributed by atoms with Crippen LogP contribution in [0.25, 0.3) is 0 Å². The molecule has 0 aromatic heterocycles. The average Bonchev–Trinajstić information content (AvgIpc) is 3.03. The molecule has 4 rings (SSSR count). The number of para-hydroxylation sites is 1. The quantitative estimate of drug-likeness (QED) is 0.157. The lowest BCUT2D eigenvalue weighted by Crippen LogP contribution is -2.53. The van der Waals surface area contributed by atoms with E-state index in [1.54, 1.807) is 49.4 Å². The molecule has 0 bridgehead atoms. The minimum Gasteiger partial charge on any atom is -0.354 e. The monoisotopic (exact) mass is 649 g/mol. The van der Waals surface area contributed by atoms with E-state index in [2.05, 4.69) is 5.32 Å². The number of carbonyl (C=O) groups excluding carboxylic acids is 2. The number of hydrogen-bond donors (Lipinski definition) is 1. The van der Waals surface area contributed by atoms with Crippen molar-refractivity contribution in [1.82, 2.24) is 10.2 Å². The second kappa shape index (κ2) is 15.7. The second-order valence-corrected chi connectivity index (χ2v) is 13.0. The fourth-order valence-corrected chi connectivity index (χ4v) is 6.57. The van der Waals surface area contributed by atoms with Crippen LogP contribution in [-0.2, 0) is 32.6 Å². The average molecular weight is 650 g/mol. The van der Waals surface area contributed by atoms with Gasteiger partial charge in [0, 0.05) is 30.1 Å². The van der Waals surface area contributed by atoms with Gasteiger partial charge in [0.2, 0.25) is 11.8 Å². The molecule has 0 saturated carbocycles. The first-order chi connectivity index (χ1) is 21.6. The SMILES string of the molecule is CCCCNC(=O)[C@@H](Cc1ccccc1)N(Cc1ccccc1F)C(=O)CN(c1ccccc1C)S(=O)(=O)c1ccc(Cl)cc1. The van der Waals surface area contributed by atoms with E-state index in [0.717, 1.165) is 22.7 Å². The molecule has 10 heteroatoms. The summed E-state index contributed by atoms with van der Waals surface area (Å²) < 4.78 is 44.3. The second-order valence-electron chi connectivity index (χ2n) is 10.7. The fraction of sp³-hybridized carbons (Fsp3) is 0.257. The summed E-state index contributed by atoms with van der Waals surface area (Å²) in [6.07, 6.45) is 1.74. The number of nitrogens with one attached hydrogen (secondary N) is 1. The maximum Gasteiger partial charge on any atom is 0.264 e. The van der Waals surface area contributed by atoms with Crippen molar-refractivity contribution in [3.8, 4) is 0 Å². The van der Waals surface area contributed by atoms with Crippen molar-refractivity contribution in [1.29, 1.82) is 0 Å². The van der Waals surface area contributed by atoms with E-state index in [-0.39, 0.29) is 23.4 Å². The van der Waals surface area contributed by atoms with Gasteiger partial charge in [0.05, 0.1) is 10.6 Å². The predicted octanol–water partition coefficient (Wildman–Crippen LogP) is 6.54. The van der Waals surface area contributed by atoms with Crippen LogP contribution in [0.3, 0.4) is 0 Å². The maximum absolute atomic E-state index is 15.0. The summed E-state index contributed by atoms with van der Waals surface area (Å²) in [7, 11) is -4.27. The number of unbranched alkanes of at least 4 members (excludes halogenated alkanes) is 1. The van der Waals surface area contributed by atoms with Crippen molar-refractivity contribution >= 4 is 39.1 Å². The normalized spacial score (nSPS) is 11.9. The third-order valence-electron chi connectivity index (χ3n) is 7.46. The molecule has 4 aromatic carbocycles. The molecule has 1 N–H and O–H groups in total. The summed E-state index contributed by atoms with van der Waals surface area (Å²) in [6, 6.07) is 26.7. The Balaban J connectivity index is 1.80. The molecule has 0 fully saturated rings. The van der Waals surface area contributed by atoms with Crippen molar-refractivity contribution in [3.63, 3.8) is 0 Å². The van der Waals surface area contributed by atoms with E-state index >= 15 is 4.39 Å². The van der Waals surface area contributed by atoms with E-state index in [0.29, 0.717) is 22.8 Å². The lowest BCUT2D eigenvalue weighted by atomic mass is 10.0. The molecular weight excluding hydrogens is 613 g/mol. The van der Waals surface area contributed by atoms with Gasteiger partial charge in [-0.2, -0.15) is 0 Å². The Morgan fingerprint density at radius 1 is 0.889 bits per heavy atom. The molecule has 236 valence electrons. The molecular formula is C35H37ClFN3O4S. The molecule has 0 aliphatic carbocycles. The maximum atomic E-state index is 15.0. The van der Waals surface area contributed by atoms with E-state index in [9.17, 15) is 18.0 Å². The largest absolute Gasteiger partial charge is 0.354 e. The number of sulfonamides is 1. The molecule has 0 radical (unpaired) electrons. The number of anilines is 1. The van der Waals surface area contributed by atoms with Gasteiger partial charge in [-0.3, -0.25) is 13.9 Å². The molecule has 0 saturated heterocycles. The zero-order chi connectivity index (χ0) is 32.4. The Hall–Kier alpha value is -4.21. The number of rotatable bonds is 14. The summed E-state index contributed by atoms with van der Waals surface area (Å²) in [5.41, 5.74) is 1.93. The van der Waals surface area contributed by atoms with E-state index in [1.807, 2.05) is 37.3 Å². The predicted molar refractivity (Wildman–Crippen MR) is 176 cm³/mol. The lowest BCUT2D eigenvalue weighted by Gasteiger charge is -2.34. The van der Waals surface area contributed by atoms with Gasteiger partial charge in [-0.1, -0.05) is 91.7 Å². The van der Waals surface area contributed by atoms with Crippen molar-refractivity contribution in [2.75, 3.05) is 17.4 Å². The first kappa shape index (κ1) is 33.7. The minimum absolute atomic E-state index is 0.0539. The van der Waals surface area contributed by atoms with Crippen LogP contribution in [0, 0.1) is 12.7 Å². The Morgan fingerprint density at radius 2 is 1.53 bits per heavy atom. The number of aryl methyl sites for hydroxylation is 1. The summed E-state index contributed by atoms with van der Waals surface area (Å²) in [4.78, 5) is 29.4. The summed E-state index contributed by atoms with van der Waals surface area (Å²) in [6.45, 7) is 3.29. The van der Waals surface area contributed by atoms with Crippen LogP contribution in [0.1, 0.15) is 36.5 Å². The van der Waals surface area contributed by atoms with Gasteiger partial charge in [0.1, 0.15) is 18.4 Å². The zero-order valence-corrected chi connectivity index (χ0v) is 26.9. The smallest absolute Gasteiger partial charge is 0.264 e. The molecule has 1 atom stereocenters. The molecule has 2 amide bonds. The van der Waals surface area contributed by atoms with Crippen LogP contribution in [0.15, 0.2) is 108 Å². The Morgan fingerprint density at radius 3 is 2.20 bits per heavy atom. The van der Waals surface area contributed by atoms with Gasteiger partial charge in [0.15, 0.2) is 0 Å². The molecule has 45 heavy (non-hydrogen) atoms. The van der Waals surface area contributed by atoms with Gasteiger partial charge in [0.25, 0.3) is 10.0 Å². The molecule has 0 heterocycles. The molecule has 0 aliphatic rings. The number of carbonyl (C=O) groups is 2. The number of halogens is 2.